The van der Waals surface area contributed by atoms with Crippen molar-refractivity contribution < 1.29 is 9.53 Å². The summed E-state index contributed by atoms with van der Waals surface area (Å²) in [5, 5.41) is 2.83. The molecule has 0 aliphatic carbocycles. The van der Waals surface area contributed by atoms with Crippen molar-refractivity contribution in [1.29, 1.82) is 0 Å². The number of carbonyl (C=O) groups excluding carboxylic acids is 1. The fraction of sp³-hybridized carbons (Fsp3) is 0.211. The molecule has 2 aromatic rings. The van der Waals surface area contributed by atoms with Gasteiger partial charge in [-0.25, -0.2) is 4.79 Å². The van der Waals surface area contributed by atoms with Crippen molar-refractivity contribution in [3.63, 3.8) is 0 Å². The molecule has 0 amide bonds. The Bertz CT molecular complexity index is 650. The Morgan fingerprint density at radius 1 is 1.09 bits per heavy atom. The van der Waals surface area contributed by atoms with Crippen LogP contribution in [0.5, 0.6) is 0 Å². The van der Waals surface area contributed by atoms with E-state index < -0.39 is 12.1 Å². The van der Waals surface area contributed by atoms with Crippen LogP contribution < -0.4 is 0 Å². The molecule has 118 valence electrons. The molecule has 0 radical (unpaired) electrons. The molecule has 0 bridgehead atoms. The third kappa shape index (κ3) is 4.88. The molecule has 0 aliphatic heterocycles. The average molecular weight is 309 g/mol. The molecular formula is C19H19NO3. The van der Waals surface area contributed by atoms with Gasteiger partial charge in [0.05, 0.1) is 5.56 Å². The van der Waals surface area contributed by atoms with Gasteiger partial charge in [0, 0.05) is 0 Å². The van der Waals surface area contributed by atoms with Crippen LogP contribution in [0.2, 0.25) is 0 Å². The molecule has 23 heavy (non-hydrogen) atoms. The monoisotopic (exact) mass is 309 g/mol. The molecular weight excluding hydrogens is 290 g/mol. The number of nitroso groups, excluding NO2 is 1. The maximum atomic E-state index is 12.1. The normalized spacial score (nSPS) is 11.5. The first-order chi connectivity index (χ1) is 11.2. The predicted molar refractivity (Wildman–Crippen MR) is 91.2 cm³/mol. The third-order valence-electron chi connectivity index (χ3n) is 3.47. The fourth-order valence-electron chi connectivity index (χ4n) is 2.22. The first-order valence-corrected chi connectivity index (χ1v) is 7.51. The maximum absolute atomic E-state index is 12.1. The van der Waals surface area contributed by atoms with E-state index in [1.807, 2.05) is 42.5 Å². The molecule has 1 unspecified atom stereocenters. The van der Waals surface area contributed by atoms with Crippen LogP contribution in [0.25, 0.3) is 11.1 Å². The number of ether oxygens (including phenoxy) is 1. The zero-order valence-electron chi connectivity index (χ0n) is 12.9. The van der Waals surface area contributed by atoms with Crippen LogP contribution in [0.1, 0.15) is 23.2 Å². The molecule has 4 nitrogen and oxygen atoms in total. The smallest absolute Gasteiger partial charge is 0.338 e. The van der Waals surface area contributed by atoms with E-state index in [0.29, 0.717) is 18.4 Å². The van der Waals surface area contributed by atoms with Crippen molar-refractivity contribution in [2.45, 2.75) is 18.9 Å². The highest BCUT2D eigenvalue weighted by molar-refractivity contribution is 5.90. The number of rotatable bonds is 8. The highest BCUT2D eigenvalue weighted by Crippen LogP contribution is 2.20. The van der Waals surface area contributed by atoms with E-state index in [2.05, 4.69) is 11.8 Å². The number of allylic oxidation sites excluding steroid dienone is 1. The van der Waals surface area contributed by atoms with Gasteiger partial charge in [-0.15, -0.1) is 6.58 Å². The lowest BCUT2D eigenvalue weighted by Gasteiger charge is -2.14. The Morgan fingerprint density at radius 2 is 1.74 bits per heavy atom. The van der Waals surface area contributed by atoms with Crippen LogP contribution >= 0.6 is 0 Å². The fourth-order valence-corrected chi connectivity index (χ4v) is 2.22. The van der Waals surface area contributed by atoms with E-state index in [4.69, 9.17) is 4.74 Å². The lowest BCUT2D eigenvalue weighted by atomic mass is 10.0. The number of nitrogens with zero attached hydrogens (tertiary/aromatic N) is 1. The number of hydrogen-bond acceptors (Lipinski definition) is 4. The van der Waals surface area contributed by atoms with Gasteiger partial charge < -0.3 is 4.74 Å². The van der Waals surface area contributed by atoms with Gasteiger partial charge in [-0.2, -0.15) is 4.91 Å². The van der Waals surface area contributed by atoms with Crippen LogP contribution in [-0.2, 0) is 4.74 Å². The Balaban J connectivity index is 2.04. The maximum Gasteiger partial charge on any atom is 0.338 e. The van der Waals surface area contributed by atoms with Crippen molar-refractivity contribution in [3.05, 3.63) is 77.7 Å². The summed E-state index contributed by atoms with van der Waals surface area (Å²) >= 11 is 0. The molecule has 0 N–H and O–H groups in total. The molecule has 2 rings (SSSR count). The molecule has 2 aromatic carbocycles. The van der Waals surface area contributed by atoms with Gasteiger partial charge in [-0.1, -0.05) is 53.7 Å². The van der Waals surface area contributed by atoms with Crippen molar-refractivity contribution in [2.75, 3.05) is 6.54 Å². The summed E-state index contributed by atoms with van der Waals surface area (Å²) in [6.45, 7) is 3.58. The van der Waals surface area contributed by atoms with Crippen molar-refractivity contribution >= 4 is 5.97 Å². The second-order valence-corrected chi connectivity index (χ2v) is 5.15. The summed E-state index contributed by atoms with van der Waals surface area (Å²) in [6.07, 6.45) is 2.43. The molecule has 1 atom stereocenters. The largest absolute Gasteiger partial charge is 0.457 e. The molecule has 0 spiro atoms. The first kappa shape index (κ1) is 16.6. The van der Waals surface area contributed by atoms with Crippen LogP contribution in [0.4, 0.5) is 0 Å². The zero-order valence-corrected chi connectivity index (χ0v) is 12.9. The van der Waals surface area contributed by atoms with Gasteiger partial charge in [0.25, 0.3) is 0 Å². The molecule has 0 saturated carbocycles. The predicted octanol–water partition coefficient (Wildman–Crippen LogP) is 4.61. The van der Waals surface area contributed by atoms with Gasteiger partial charge in [-0.05, 0) is 36.1 Å². The molecule has 4 heteroatoms. The van der Waals surface area contributed by atoms with E-state index in [-0.39, 0.29) is 6.54 Å². The highest BCUT2D eigenvalue weighted by atomic mass is 16.5. The molecule has 0 saturated heterocycles. The number of carbonyl (C=O) groups is 1. The molecule has 0 heterocycles. The first-order valence-electron chi connectivity index (χ1n) is 7.51. The Morgan fingerprint density at radius 3 is 2.35 bits per heavy atom. The minimum atomic E-state index is -0.508. The number of esters is 1. The van der Waals surface area contributed by atoms with Gasteiger partial charge in [0.15, 0.2) is 0 Å². The quantitative estimate of drug-likeness (QED) is 0.406. The molecule has 0 aromatic heterocycles. The summed E-state index contributed by atoms with van der Waals surface area (Å²) in [4.78, 5) is 22.6. The second kappa shape index (κ2) is 8.63. The summed E-state index contributed by atoms with van der Waals surface area (Å²) in [7, 11) is 0. The van der Waals surface area contributed by atoms with E-state index in [0.717, 1.165) is 11.1 Å². The number of hydrogen-bond donors (Lipinski definition) is 0. The zero-order chi connectivity index (χ0) is 16.5. The van der Waals surface area contributed by atoms with Crippen LogP contribution in [0.15, 0.2) is 72.4 Å². The molecule has 0 aliphatic rings. The van der Waals surface area contributed by atoms with Gasteiger partial charge in [0.1, 0.15) is 12.6 Å². The summed E-state index contributed by atoms with van der Waals surface area (Å²) in [5.41, 5.74) is 2.57. The third-order valence-corrected chi connectivity index (χ3v) is 3.47. The van der Waals surface area contributed by atoms with Gasteiger partial charge in [-0.3, -0.25) is 0 Å². The van der Waals surface area contributed by atoms with E-state index >= 15 is 0 Å². The van der Waals surface area contributed by atoms with Crippen LogP contribution in [0.3, 0.4) is 0 Å². The van der Waals surface area contributed by atoms with Crippen molar-refractivity contribution in [3.8, 4) is 11.1 Å². The summed E-state index contributed by atoms with van der Waals surface area (Å²) in [5.74, 6) is -0.442. The minimum Gasteiger partial charge on any atom is -0.457 e. The van der Waals surface area contributed by atoms with Gasteiger partial charge in [0.2, 0.25) is 0 Å². The standard InChI is InChI=1S/C19H19NO3/c1-2-3-9-18(14-20-22)23-19(21)17-12-10-16(11-13-17)15-7-5-4-6-8-15/h2,4-8,10-13,18H,1,3,9,14H2. The average Bonchev–Trinajstić information content (AvgIpc) is 2.60. The van der Waals surface area contributed by atoms with Gasteiger partial charge >= 0.3 is 5.97 Å². The van der Waals surface area contributed by atoms with Crippen LogP contribution in [0, 0.1) is 4.91 Å². The Hall–Kier alpha value is -2.75. The SMILES string of the molecule is C=CCCC(CN=O)OC(=O)c1ccc(-c2ccccc2)cc1. The van der Waals surface area contributed by atoms with E-state index in [1.165, 1.54) is 0 Å². The second-order valence-electron chi connectivity index (χ2n) is 5.15. The van der Waals surface area contributed by atoms with E-state index in [1.54, 1.807) is 18.2 Å². The topological polar surface area (TPSA) is 55.7 Å². The van der Waals surface area contributed by atoms with Crippen LogP contribution in [-0.4, -0.2) is 18.6 Å². The minimum absolute atomic E-state index is 0.0400. The molecule has 0 fully saturated rings. The summed E-state index contributed by atoms with van der Waals surface area (Å²) in [6, 6.07) is 17.1. The number of benzene rings is 2. The van der Waals surface area contributed by atoms with Crippen molar-refractivity contribution in [2.24, 2.45) is 5.18 Å². The lowest BCUT2D eigenvalue weighted by Crippen LogP contribution is -2.21. The Labute approximate surface area is 135 Å². The van der Waals surface area contributed by atoms with E-state index in [9.17, 15) is 9.70 Å². The Kier molecular flexibility index (Phi) is 6.24. The highest BCUT2D eigenvalue weighted by Gasteiger charge is 2.16. The lowest BCUT2D eigenvalue weighted by molar-refractivity contribution is 0.0305. The van der Waals surface area contributed by atoms with Crippen molar-refractivity contribution in [1.82, 2.24) is 0 Å². The summed E-state index contributed by atoms with van der Waals surface area (Å²) < 4.78 is 5.34.